The molecule has 0 aliphatic rings. The molecule has 0 bridgehead atoms. The van der Waals surface area contributed by atoms with Crippen molar-refractivity contribution in [3.63, 3.8) is 0 Å². The number of halogens is 1. The monoisotopic (exact) mass is 369 g/mol. The summed E-state index contributed by atoms with van der Waals surface area (Å²) in [6.45, 7) is 1.99. The van der Waals surface area contributed by atoms with E-state index in [1.165, 1.54) is 12.1 Å². The highest BCUT2D eigenvalue weighted by molar-refractivity contribution is 6.11. The van der Waals surface area contributed by atoms with Crippen LogP contribution in [0.3, 0.4) is 0 Å². The molecular weight excluding hydrogens is 345 g/mol. The van der Waals surface area contributed by atoms with E-state index in [9.17, 15) is 9.18 Å². The van der Waals surface area contributed by atoms with E-state index in [2.05, 4.69) is 5.32 Å². The number of para-hydroxylation sites is 1. The molecule has 0 aliphatic carbocycles. The third-order valence-electron chi connectivity index (χ3n) is 4.03. The van der Waals surface area contributed by atoms with E-state index in [-0.39, 0.29) is 17.2 Å². The molecule has 2 rings (SSSR count). The van der Waals surface area contributed by atoms with Crippen LogP contribution in [0, 0.1) is 11.2 Å². The second-order valence-corrected chi connectivity index (χ2v) is 5.98. The van der Waals surface area contributed by atoms with Crippen molar-refractivity contribution in [2.24, 2.45) is 11.6 Å². The van der Waals surface area contributed by atoms with Crippen molar-refractivity contribution in [3.8, 4) is 0 Å². The van der Waals surface area contributed by atoms with E-state index < -0.39 is 11.7 Å². The van der Waals surface area contributed by atoms with E-state index >= 15 is 0 Å². The number of anilines is 1. The number of carbonyl (C=O) groups is 1. The summed E-state index contributed by atoms with van der Waals surface area (Å²) >= 11 is 0. The summed E-state index contributed by atoms with van der Waals surface area (Å²) in [6, 6.07) is 14.8. The quantitative estimate of drug-likeness (QED) is 0.198. The molecule has 2 aromatic rings. The Bertz CT molecular complexity index is 835. The maximum atomic E-state index is 14.1. The molecular formula is C20H24FN5O. The summed E-state index contributed by atoms with van der Waals surface area (Å²) in [4.78, 5) is 12.5. The summed E-state index contributed by atoms with van der Waals surface area (Å²) in [6.07, 6.45) is 1.98. The van der Waals surface area contributed by atoms with E-state index in [0.717, 1.165) is 17.9 Å². The summed E-state index contributed by atoms with van der Waals surface area (Å²) in [7, 11) is 0. The molecule has 27 heavy (non-hydrogen) atoms. The number of nitrogens with zero attached hydrogens (tertiary/aromatic N) is 1. The summed E-state index contributed by atoms with van der Waals surface area (Å²) < 4.78 is 14.1. The predicted octanol–water partition coefficient (Wildman–Crippen LogP) is 3.01. The Hall–Kier alpha value is -3.19. The average Bonchev–Trinajstić information content (AvgIpc) is 2.68. The molecule has 142 valence electrons. The minimum Gasteiger partial charge on any atom is -0.393 e. The SMILES string of the molecule is CCCC/C(=C(/N)C(=O)NC(=N)c1ccccc1)N(N)c1ccccc1F. The lowest BCUT2D eigenvalue weighted by Crippen LogP contribution is -2.39. The second kappa shape index (κ2) is 9.49. The Morgan fingerprint density at radius 3 is 2.41 bits per heavy atom. The first-order valence-corrected chi connectivity index (χ1v) is 8.69. The van der Waals surface area contributed by atoms with Gasteiger partial charge in [-0.2, -0.15) is 0 Å². The smallest absolute Gasteiger partial charge is 0.274 e. The number of hydrazine groups is 1. The molecule has 2 aromatic carbocycles. The highest BCUT2D eigenvalue weighted by Crippen LogP contribution is 2.23. The van der Waals surface area contributed by atoms with Crippen LogP contribution in [0.15, 0.2) is 66.0 Å². The van der Waals surface area contributed by atoms with Crippen molar-refractivity contribution >= 4 is 17.4 Å². The number of nitrogens with one attached hydrogen (secondary N) is 2. The van der Waals surface area contributed by atoms with Crippen LogP contribution < -0.4 is 21.9 Å². The molecule has 0 fully saturated rings. The molecule has 6 nitrogen and oxygen atoms in total. The third-order valence-corrected chi connectivity index (χ3v) is 4.03. The Labute approximate surface area is 158 Å². The first kappa shape index (κ1) is 20.1. The predicted molar refractivity (Wildman–Crippen MR) is 105 cm³/mol. The zero-order valence-corrected chi connectivity index (χ0v) is 15.2. The van der Waals surface area contributed by atoms with Crippen molar-refractivity contribution in [2.45, 2.75) is 26.2 Å². The Balaban J connectivity index is 2.29. The lowest BCUT2D eigenvalue weighted by Gasteiger charge is -2.24. The van der Waals surface area contributed by atoms with Crippen LogP contribution >= 0.6 is 0 Å². The maximum absolute atomic E-state index is 14.1. The van der Waals surface area contributed by atoms with Crippen molar-refractivity contribution in [1.29, 1.82) is 5.41 Å². The first-order valence-electron chi connectivity index (χ1n) is 8.69. The number of unbranched alkanes of at least 4 members (excludes halogenated alkanes) is 1. The van der Waals surface area contributed by atoms with Crippen molar-refractivity contribution in [1.82, 2.24) is 5.32 Å². The van der Waals surface area contributed by atoms with Gasteiger partial charge < -0.3 is 11.1 Å². The van der Waals surface area contributed by atoms with Gasteiger partial charge in [0.2, 0.25) is 0 Å². The number of amides is 1. The minimum absolute atomic E-state index is 0.0761. The summed E-state index contributed by atoms with van der Waals surface area (Å²) in [5.74, 6) is 4.84. The maximum Gasteiger partial charge on any atom is 0.274 e. The van der Waals surface area contributed by atoms with Crippen molar-refractivity contribution in [3.05, 3.63) is 77.4 Å². The third kappa shape index (κ3) is 5.15. The largest absolute Gasteiger partial charge is 0.393 e. The fourth-order valence-electron chi connectivity index (χ4n) is 2.51. The molecule has 0 heterocycles. The van der Waals surface area contributed by atoms with Crippen LogP contribution in [-0.2, 0) is 4.79 Å². The van der Waals surface area contributed by atoms with Crippen LogP contribution in [0.1, 0.15) is 31.7 Å². The number of nitrogens with two attached hydrogens (primary N) is 2. The molecule has 0 unspecified atom stereocenters. The number of hydrogen-bond acceptors (Lipinski definition) is 5. The van der Waals surface area contributed by atoms with Gasteiger partial charge in [0, 0.05) is 5.56 Å². The molecule has 0 aromatic heterocycles. The van der Waals surface area contributed by atoms with Crippen molar-refractivity contribution < 1.29 is 9.18 Å². The molecule has 1 amide bonds. The lowest BCUT2D eigenvalue weighted by molar-refractivity contribution is -0.116. The van der Waals surface area contributed by atoms with E-state index in [0.29, 0.717) is 17.7 Å². The van der Waals surface area contributed by atoms with Gasteiger partial charge in [-0.25, -0.2) is 10.2 Å². The van der Waals surface area contributed by atoms with Crippen molar-refractivity contribution in [2.75, 3.05) is 5.01 Å². The molecule has 7 heteroatoms. The number of benzene rings is 2. The minimum atomic E-state index is -0.651. The van der Waals surface area contributed by atoms with Crippen LogP contribution in [0.2, 0.25) is 0 Å². The topological polar surface area (TPSA) is 108 Å². The number of allylic oxidation sites excluding steroid dienone is 1. The molecule has 6 N–H and O–H groups in total. The van der Waals surface area contributed by atoms with E-state index in [1.807, 2.05) is 13.0 Å². The zero-order valence-electron chi connectivity index (χ0n) is 15.2. The number of carbonyl (C=O) groups excluding carboxylic acids is 1. The van der Waals surface area contributed by atoms with Crippen LogP contribution in [-0.4, -0.2) is 11.7 Å². The van der Waals surface area contributed by atoms with Gasteiger partial charge in [-0.3, -0.25) is 15.2 Å². The van der Waals surface area contributed by atoms with Crippen LogP contribution in [0.4, 0.5) is 10.1 Å². The van der Waals surface area contributed by atoms with Gasteiger partial charge in [0.25, 0.3) is 5.91 Å². The number of hydrogen-bond donors (Lipinski definition) is 4. The van der Waals surface area contributed by atoms with Gasteiger partial charge in [-0.15, -0.1) is 0 Å². The standard InChI is InChI=1S/C20H24FN5O/c1-2-3-12-17(26(24)16-13-8-7-11-15(16)21)18(22)20(27)25-19(23)14-9-5-4-6-10-14/h4-11,13H,2-3,12,22,24H2,1H3,(H2,23,25,27)/b18-17-. The van der Waals surface area contributed by atoms with Gasteiger partial charge in [0.1, 0.15) is 17.3 Å². The van der Waals surface area contributed by atoms with Crippen LogP contribution in [0.25, 0.3) is 0 Å². The molecule has 0 spiro atoms. The Morgan fingerprint density at radius 2 is 1.78 bits per heavy atom. The second-order valence-electron chi connectivity index (χ2n) is 5.98. The van der Waals surface area contributed by atoms with E-state index in [1.54, 1.807) is 36.4 Å². The first-order chi connectivity index (χ1) is 13.0. The summed E-state index contributed by atoms with van der Waals surface area (Å²) in [5.41, 5.74) is 6.88. The number of amidine groups is 1. The summed E-state index contributed by atoms with van der Waals surface area (Å²) in [5, 5.41) is 11.6. The van der Waals surface area contributed by atoms with Gasteiger partial charge in [0.15, 0.2) is 0 Å². The van der Waals surface area contributed by atoms with Gasteiger partial charge >= 0.3 is 0 Å². The van der Waals surface area contributed by atoms with Gasteiger partial charge in [-0.1, -0.05) is 55.8 Å². The zero-order chi connectivity index (χ0) is 19.8. The molecule has 0 atom stereocenters. The molecule has 0 aliphatic heterocycles. The molecule has 0 radical (unpaired) electrons. The molecule has 0 saturated carbocycles. The lowest BCUT2D eigenvalue weighted by atomic mass is 10.1. The number of rotatable bonds is 7. The van der Waals surface area contributed by atoms with Gasteiger partial charge in [-0.05, 0) is 25.0 Å². The highest BCUT2D eigenvalue weighted by atomic mass is 19.1. The molecule has 0 saturated heterocycles. The normalized spacial score (nSPS) is 11.5. The Morgan fingerprint density at radius 1 is 1.15 bits per heavy atom. The van der Waals surface area contributed by atoms with E-state index in [4.69, 9.17) is 17.0 Å². The fraction of sp³-hybridized carbons (Fsp3) is 0.200. The Kier molecular flexibility index (Phi) is 7.08. The highest BCUT2D eigenvalue weighted by Gasteiger charge is 2.20. The fourth-order valence-corrected chi connectivity index (χ4v) is 2.51. The van der Waals surface area contributed by atoms with Crippen LogP contribution in [0.5, 0.6) is 0 Å². The average molecular weight is 369 g/mol. The van der Waals surface area contributed by atoms with Gasteiger partial charge in [0.05, 0.1) is 11.4 Å².